The number of halogens is 1. The van der Waals surface area contributed by atoms with Gasteiger partial charge < -0.3 is 18.9 Å². The zero-order valence-corrected chi connectivity index (χ0v) is 11.3. The predicted molar refractivity (Wildman–Crippen MR) is 70.4 cm³/mol. The summed E-state index contributed by atoms with van der Waals surface area (Å²) < 4.78 is 34.2. The van der Waals surface area contributed by atoms with E-state index in [-0.39, 0.29) is 0 Å². The minimum Gasteiger partial charge on any atom is -0.493 e. The smallest absolute Gasteiger partial charge is 0.216 e. The Morgan fingerprint density at radius 3 is 2.05 bits per heavy atom. The lowest BCUT2D eigenvalue weighted by molar-refractivity contribution is 0.321. The zero-order chi connectivity index (χ0) is 14.5. The van der Waals surface area contributed by atoms with E-state index < -0.39 is 5.95 Å². The highest BCUT2D eigenvalue weighted by Crippen LogP contribution is 2.41. The lowest BCUT2D eigenvalue weighted by Gasteiger charge is -2.14. The molecule has 0 unspecified atom stereocenters. The van der Waals surface area contributed by atoms with Crippen LogP contribution in [0.2, 0.25) is 0 Å². The summed E-state index contributed by atoms with van der Waals surface area (Å²) in [5, 5.41) is 0. The molecule has 0 bridgehead atoms. The number of pyridine rings is 1. The third-order valence-corrected chi connectivity index (χ3v) is 2.57. The van der Waals surface area contributed by atoms with Crippen molar-refractivity contribution >= 4 is 0 Å². The van der Waals surface area contributed by atoms with Crippen LogP contribution in [0.3, 0.4) is 0 Å². The van der Waals surface area contributed by atoms with E-state index in [0.717, 1.165) is 0 Å². The molecular formula is C14H14FNO4. The van der Waals surface area contributed by atoms with Crippen LogP contribution in [0.25, 0.3) is 0 Å². The third kappa shape index (κ3) is 2.90. The van der Waals surface area contributed by atoms with Crippen LogP contribution in [0.1, 0.15) is 0 Å². The van der Waals surface area contributed by atoms with Crippen LogP contribution in [0.4, 0.5) is 4.39 Å². The Labute approximate surface area is 115 Å². The van der Waals surface area contributed by atoms with E-state index in [1.54, 1.807) is 18.2 Å². The van der Waals surface area contributed by atoms with Gasteiger partial charge in [-0.2, -0.15) is 4.39 Å². The van der Waals surface area contributed by atoms with Crippen molar-refractivity contribution in [1.29, 1.82) is 0 Å². The minimum atomic E-state index is -0.616. The van der Waals surface area contributed by atoms with Gasteiger partial charge in [0.2, 0.25) is 11.7 Å². The van der Waals surface area contributed by atoms with Gasteiger partial charge in [-0.25, -0.2) is 4.98 Å². The van der Waals surface area contributed by atoms with Crippen molar-refractivity contribution in [3.05, 3.63) is 36.4 Å². The van der Waals surface area contributed by atoms with Crippen molar-refractivity contribution in [2.75, 3.05) is 21.3 Å². The quantitative estimate of drug-likeness (QED) is 0.787. The Balaban J connectivity index is 2.37. The highest BCUT2D eigenvalue weighted by Gasteiger charge is 2.14. The van der Waals surface area contributed by atoms with Crippen molar-refractivity contribution < 1.29 is 23.3 Å². The van der Waals surface area contributed by atoms with Crippen molar-refractivity contribution in [1.82, 2.24) is 4.98 Å². The molecular weight excluding hydrogens is 265 g/mol. The Morgan fingerprint density at radius 2 is 1.55 bits per heavy atom. The number of nitrogens with zero attached hydrogens (tertiary/aromatic N) is 1. The second kappa shape index (κ2) is 6.10. The molecule has 0 spiro atoms. The molecule has 0 aliphatic rings. The summed E-state index contributed by atoms with van der Waals surface area (Å²) in [5.74, 6) is 1.52. The van der Waals surface area contributed by atoms with Gasteiger partial charge in [-0.3, -0.25) is 0 Å². The lowest BCUT2D eigenvalue weighted by atomic mass is 10.2. The number of hydrogen-bond donors (Lipinski definition) is 0. The molecule has 1 aromatic heterocycles. The molecule has 0 aliphatic carbocycles. The van der Waals surface area contributed by atoms with Gasteiger partial charge in [0.25, 0.3) is 0 Å². The maximum atomic E-state index is 13.0. The summed E-state index contributed by atoms with van der Waals surface area (Å²) in [4.78, 5) is 3.46. The van der Waals surface area contributed by atoms with Crippen LogP contribution in [-0.4, -0.2) is 26.3 Å². The molecule has 0 radical (unpaired) electrons. The second-order valence-corrected chi connectivity index (χ2v) is 3.78. The fourth-order valence-corrected chi connectivity index (χ4v) is 1.70. The van der Waals surface area contributed by atoms with Crippen LogP contribution in [-0.2, 0) is 0 Å². The van der Waals surface area contributed by atoms with Crippen molar-refractivity contribution in [2.24, 2.45) is 0 Å². The van der Waals surface area contributed by atoms with Crippen LogP contribution in [0.15, 0.2) is 30.5 Å². The van der Waals surface area contributed by atoms with E-state index in [2.05, 4.69) is 4.98 Å². The molecule has 0 saturated carbocycles. The van der Waals surface area contributed by atoms with Gasteiger partial charge in [0.05, 0.1) is 21.3 Å². The summed E-state index contributed by atoms with van der Waals surface area (Å²) in [6, 6.07) is 5.98. The highest BCUT2D eigenvalue weighted by molar-refractivity contribution is 5.56. The van der Waals surface area contributed by atoms with Gasteiger partial charge in [0.15, 0.2) is 11.5 Å². The van der Waals surface area contributed by atoms with Crippen LogP contribution in [0, 0.1) is 5.95 Å². The zero-order valence-electron chi connectivity index (χ0n) is 11.3. The maximum Gasteiger partial charge on any atom is 0.216 e. The molecule has 0 fully saturated rings. The van der Waals surface area contributed by atoms with Gasteiger partial charge >= 0.3 is 0 Å². The summed E-state index contributed by atoms with van der Waals surface area (Å²) in [5.41, 5.74) is 0. The summed E-state index contributed by atoms with van der Waals surface area (Å²) >= 11 is 0. The molecule has 2 rings (SSSR count). The molecule has 1 aromatic carbocycles. The minimum absolute atomic E-state index is 0.326. The molecule has 106 valence electrons. The molecule has 1 heterocycles. The van der Waals surface area contributed by atoms with Gasteiger partial charge in [0.1, 0.15) is 11.5 Å². The van der Waals surface area contributed by atoms with Gasteiger partial charge in [-0.05, 0) is 6.07 Å². The second-order valence-electron chi connectivity index (χ2n) is 3.78. The Hall–Kier alpha value is -2.50. The Morgan fingerprint density at radius 1 is 0.900 bits per heavy atom. The van der Waals surface area contributed by atoms with Crippen molar-refractivity contribution in [2.45, 2.75) is 0 Å². The van der Waals surface area contributed by atoms with Gasteiger partial charge in [-0.1, -0.05) is 0 Å². The molecule has 0 atom stereocenters. The number of aromatic nitrogens is 1. The average Bonchev–Trinajstić information content (AvgIpc) is 2.46. The molecule has 0 amide bonds. The maximum absolute atomic E-state index is 13.0. The normalized spacial score (nSPS) is 10.0. The summed E-state index contributed by atoms with van der Waals surface area (Å²) in [6.07, 6.45) is 1.32. The molecule has 0 N–H and O–H groups in total. The molecule has 0 aliphatic heterocycles. The summed E-state index contributed by atoms with van der Waals surface area (Å²) in [7, 11) is 4.53. The largest absolute Gasteiger partial charge is 0.493 e. The number of rotatable bonds is 5. The highest BCUT2D eigenvalue weighted by atomic mass is 19.1. The van der Waals surface area contributed by atoms with E-state index in [0.29, 0.717) is 28.7 Å². The monoisotopic (exact) mass is 279 g/mol. The number of benzene rings is 1. The molecule has 0 saturated heterocycles. The van der Waals surface area contributed by atoms with E-state index in [4.69, 9.17) is 18.9 Å². The van der Waals surface area contributed by atoms with Crippen LogP contribution in [0.5, 0.6) is 28.7 Å². The first-order valence-corrected chi connectivity index (χ1v) is 5.77. The fraction of sp³-hybridized carbons (Fsp3) is 0.214. The standard InChI is InChI=1S/C14H14FNO4/c1-17-11-6-10(7-12(18-2)14(11)19-3)20-9-4-5-16-13(15)8-9/h4-8H,1-3H3. The van der Waals surface area contributed by atoms with E-state index >= 15 is 0 Å². The Kier molecular flexibility index (Phi) is 4.24. The molecule has 6 heteroatoms. The van der Waals surface area contributed by atoms with Crippen LogP contribution >= 0.6 is 0 Å². The average molecular weight is 279 g/mol. The van der Waals surface area contributed by atoms with Crippen molar-refractivity contribution in [3.8, 4) is 28.7 Å². The van der Waals surface area contributed by atoms with E-state index in [1.165, 1.54) is 33.6 Å². The predicted octanol–water partition coefficient (Wildman–Crippen LogP) is 3.04. The van der Waals surface area contributed by atoms with Gasteiger partial charge in [-0.15, -0.1) is 0 Å². The number of hydrogen-bond acceptors (Lipinski definition) is 5. The van der Waals surface area contributed by atoms with E-state index in [1.807, 2.05) is 0 Å². The fourth-order valence-electron chi connectivity index (χ4n) is 1.70. The first-order chi connectivity index (χ1) is 9.67. The third-order valence-electron chi connectivity index (χ3n) is 2.57. The first-order valence-electron chi connectivity index (χ1n) is 5.77. The Bertz CT molecular complexity index is 578. The van der Waals surface area contributed by atoms with Crippen LogP contribution < -0.4 is 18.9 Å². The number of methoxy groups -OCH3 is 3. The topological polar surface area (TPSA) is 49.8 Å². The van der Waals surface area contributed by atoms with Gasteiger partial charge in [0, 0.05) is 24.4 Å². The SMILES string of the molecule is COc1cc(Oc2ccnc(F)c2)cc(OC)c1OC. The summed E-state index contributed by atoms with van der Waals surface area (Å²) in [6.45, 7) is 0. The van der Waals surface area contributed by atoms with Crippen molar-refractivity contribution in [3.63, 3.8) is 0 Å². The number of ether oxygens (including phenoxy) is 4. The molecule has 5 nitrogen and oxygen atoms in total. The van der Waals surface area contributed by atoms with E-state index in [9.17, 15) is 4.39 Å². The molecule has 2 aromatic rings. The first kappa shape index (κ1) is 13.9. The lowest BCUT2D eigenvalue weighted by Crippen LogP contribution is -1.96. The molecule has 20 heavy (non-hydrogen) atoms.